The molecule has 0 fully saturated rings. The number of hydrogen-bond donors (Lipinski definition) is 0. The van der Waals surface area contributed by atoms with Gasteiger partial charge in [0.2, 0.25) is 0 Å². The van der Waals surface area contributed by atoms with Crippen LogP contribution in [0.1, 0.15) is 0 Å². The van der Waals surface area contributed by atoms with E-state index in [1.165, 1.54) is 0 Å². The van der Waals surface area contributed by atoms with Crippen molar-refractivity contribution in [3.63, 3.8) is 0 Å². The van der Waals surface area contributed by atoms with Crippen molar-refractivity contribution in [2.45, 2.75) is 0 Å². The minimum absolute atomic E-state index is 1.04. The van der Waals surface area contributed by atoms with Gasteiger partial charge in [-0.25, -0.2) is 0 Å². The van der Waals surface area contributed by atoms with E-state index >= 15 is 0 Å². The Morgan fingerprint density at radius 1 is 0.259 bits per heavy atom. The van der Waals surface area contributed by atoms with Crippen molar-refractivity contribution < 1.29 is 0 Å². The highest BCUT2D eigenvalue weighted by atomic mass is 15.0. The third-order valence-electron chi connectivity index (χ3n) is 10.6. The van der Waals surface area contributed by atoms with Gasteiger partial charge in [0.05, 0.1) is 22.8 Å². The van der Waals surface area contributed by atoms with Crippen molar-refractivity contribution in [1.29, 1.82) is 0 Å². The average molecular weight is 745 g/mol. The summed E-state index contributed by atoms with van der Waals surface area (Å²) in [6.07, 6.45) is 14.8. The van der Waals surface area contributed by atoms with Crippen LogP contribution in [0.2, 0.25) is 0 Å². The van der Waals surface area contributed by atoms with Crippen LogP contribution in [0.15, 0.2) is 219 Å². The van der Waals surface area contributed by atoms with E-state index in [4.69, 9.17) is 0 Å². The highest BCUT2D eigenvalue weighted by molar-refractivity contribution is 5.90. The Kier molecular flexibility index (Phi) is 9.10. The Morgan fingerprint density at radius 2 is 0.569 bits per heavy atom. The molecule has 0 spiro atoms. The van der Waals surface area contributed by atoms with Crippen molar-refractivity contribution in [3.05, 3.63) is 219 Å². The zero-order valence-corrected chi connectivity index (χ0v) is 31.5. The molecule has 0 aliphatic rings. The molecule has 6 heterocycles. The first-order valence-corrected chi connectivity index (χ1v) is 19.3. The normalized spacial score (nSPS) is 11.1. The second-order valence-corrected chi connectivity index (χ2v) is 14.0. The topological polar surface area (TPSA) is 61.4 Å². The van der Waals surface area contributed by atoms with Crippen LogP contribution >= 0.6 is 0 Å². The van der Waals surface area contributed by atoms with E-state index in [2.05, 4.69) is 199 Å². The summed E-state index contributed by atoms with van der Waals surface area (Å²) < 4.78 is 4.69. The molecule has 6 aromatic heterocycles. The van der Waals surface area contributed by atoms with Gasteiger partial charge in [0.25, 0.3) is 0 Å². The third kappa shape index (κ3) is 6.48. The third-order valence-corrected chi connectivity index (χ3v) is 10.6. The zero-order chi connectivity index (χ0) is 38.7. The molecule has 0 aliphatic heterocycles. The van der Waals surface area contributed by atoms with Gasteiger partial charge in [0.1, 0.15) is 0 Å². The molecule has 6 heteroatoms. The summed E-state index contributed by atoms with van der Waals surface area (Å²) in [6.45, 7) is 0. The van der Waals surface area contributed by atoms with Crippen molar-refractivity contribution in [3.8, 4) is 89.8 Å². The summed E-state index contributed by atoms with van der Waals surface area (Å²) in [6, 6.07) is 60.1. The van der Waals surface area contributed by atoms with E-state index < -0.39 is 0 Å². The van der Waals surface area contributed by atoms with E-state index in [1.54, 1.807) is 0 Å². The summed E-state index contributed by atoms with van der Waals surface area (Å²) in [7, 11) is 0. The number of aromatic nitrogens is 6. The predicted octanol–water partition coefficient (Wildman–Crippen LogP) is 12.5. The number of benzene rings is 4. The molecule has 274 valence electrons. The second kappa shape index (κ2) is 15.3. The summed E-state index contributed by atoms with van der Waals surface area (Å²) in [5, 5.41) is 0. The molecule has 0 bridgehead atoms. The molecule has 10 aromatic rings. The van der Waals surface area contributed by atoms with E-state index in [-0.39, 0.29) is 0 Å². The van der Waals surface area contributed by atoms with E-state index in [0.29, 0.717) is 0 Å². The number of nitrogens with zero attached hydrogens (tertiary/aromatic N) is 6. The molecule has 10 rings (SSSR count). The molecule has 0 aliphatic carbocycles. The van der Waals surface area contributed by atoms with Gasteiger partial charge < -0.3 is 9.13 Å². The first kappa shape index (κ1) is 34.5. The van der Waals surface area contributed by atoms with E-state index in [0.717, 1.165) is 89.8 Å². The van der Waals surface area contributed by atoms with Crippen molar-refractivity contribution >= 4 is 0 Å². The fourth-order valence-corrected chi connectivity index (χ4v) is 7.90. The molecule has 0 atom stereocenters. The average Bonchev–Trinajstić information content (AvgIpc) is 3.92. The van der Waals surface area contributed by atoms with Gasteiger partial charge in [0, 0.05) is 72.1 Å². The smallest absolute Gasteiger partial charge is 0.0613 e. The van der Waals surface area contributed by atoms with Gasteiger partial charge in [-0.05, 0) is 105 Å². The zero-order valence-electron chi connectivity index (χ0n) is 31.5. The van der Waals surface area contributed by atoms with Gasteiger partial charge in [-0.3, -0.25) is 19.9 Å². The highest BCUT2D eigenvalue weighted by Gasteiger charge is 2.22. The minimum Gasteiger partial charge on any atom is -0.309 e. The van der Waals surface area contributed by atoms with Crippen LogP contribution in [0.4, 0.5) is 0 Å². The lowest BCUT2D eigenvalue weighted by Crippen LogP contribution is -2.00. The van der Waals surface area contributed by atoms with Crippen molar-refractivity contribution in [2.24, 2.45) is 0 Å². The van der Waals surface area contributed by atoms with Crippen molar-refractivity contribution in [2.75, 3.05) is 0 Å². The Hall–Kier alpha value is -7.96. The molecule has 6 nitrogen and oxygen atoms in total. The summed E-state index contributed by atoms with van der Waals surface area (Å²) in [4.78, 5) is 17.3. The predicted molar refractivity (Wildman–Crippen MR) is 234 cm³/mol. The van der Waals surface area contributed by atoms with Crippen LogP contribution < -0.4 is 0 Å². The molecule has 0 N–H and O–H groups in total. The van der Waals surface area contributed by atoms with Crippen LogP contribution in [0.5, 0.6) is 0 Å². The standard InChI is InChI=1S/C52H36N6/c1-3-7-43(8-4-1)51-47(39-19-27-53-28-20-39)35-49(57(51)45-23-31-55-32-24-45)41-15-11-37(12-16-41)38-13-17-42(18-14-38)50-36-48(40-21-29-54-30-22-40)52(44-9-5-2-6-10-44)58(50)46-25-33-56-34-26-46/h1-36H. The Balaban J connectivity index is 1.06. The second-order valence-electron chi connectivity index (χ2n) is 14.0. The molecule has 4 aromatic carbocycles. The van der Waals surface area contributed by atoms with E-state index in [1.807, 2.05) is 49.6 Å². The maximum atomic E-state index is 4.34. The van der Waals surface area contributed by atoms with Crippen LogP contribution in [-0.2, 0) is 0 Å². The van der Waals surface area contributed by atoms with Gasteiger partial charge in [-0.2, -0.15) is 0 Å². The van der Waals surface area contributed by atoms with Crippen molar-refractivity contribution in [1.82, 2.24) is 29.1 Å². The molecule has 58 heavy (non-hydrogen) atoms. The lowest BCUT2D eigenvalue weighted by atomic mass is 9.99. The van der Waals surface area contributed by atoms with Crippen LogP contribution in [0.3, 0.4) is 0 Å². The Bertz CT molecular complexity index is 2720. The molecular weight excluding hydrogens is 709 g/mol. The lowest BCUT2D eigenvalue weighted by Gasteiger charge is -2.16. The molecule has 0 radical (unpaired) electrons. The SMILES string of the molecule is c1ccc(-c2c(-c3ccncc3)cc(-c3ccc(-c4ccc(-c5cc(-c6ccncc6)c(-c6ccccc6)n5-c5ccncc5)cc4)cc3)n2-c2ccncc2)cc1. The number of rotatable bonds is 9. The van der Waals surface area contributed by atoms with E-state index in [9.17, 15) is 0 Å². The fraction of sp³-hybridized carbons (Fsp3) is 0. The van der Waals surface area contributed by atoms with Gasteiger partial charge in [0.15, 0.2) is 0 Å². The largest absolute Gasteiger partial charge is 0.309 e. The summed E-state index contributed by atoms with van der Waals surface area (Å²) in [5.74, 6) is 0. The lowest BCUT2D eigenvalue weighted by molar-refractivity contribution is 1.08. The fourth-order valence-electron chi connectivity index (χ4n) is 7.90. The van der Waals surface area contributed by atoms with Gasteiger partial charge in [-0.15, -0.1) is 0 Å². The molecular formula is C52H36N6. The quantitative estimate of drug-likeness (QED) is 0.148. The van der Waals surface area contributed by atoms with Crippen LogP contribution in [-0.4, -0.2) is 29.1 Å². The van der Waals surface area contributed by atoms with Gasteiger partial charge in [-0.1, -0.05) is 109 Å². The molecule has 0 amide bonds. The monoisotopic (exact) mass is 744 g/mol. The molecule has 0 unspecified atom stereocenters. The molecule has 0 saturated heterocycles. The van der Waals surface area contributed by atoms with Crippen LogP contribution in [0, 0.1) is 0 Å². The first-order valence-electron chi connectivity index (χ1n) is 19.3. The van der Waals surface area contributed by atoms with Crippen LogP contribution in [0.25, 0.3) is 89.8 Å². The summed E-state index contributed by atoms with van der Waals surface area (Å²) >= 11 is 0. The van der Waals surface area contributed by atoms with Gasteiger partial charge >= 0.3 is 0 Å². The maximum absolute atomic E-state index is 4.34. The molecule has 0 saturated carbocycles. The highest BCUT2D eigenvalue weighted by Crippen LogP contribution is 2.43. The maximum Gasteiger partial charge on any atom is 0.0613 e. The Labute approximate surface area is 337 Å². The minimum atomic E-state index is 1.04. The summed E-state index contributed by atoms with van der Waals surface area (Å²) in [5.41, 5.74) is 17.8. The number of pyridine rings is 4. The number of hydrogen-bond acceptors (Lipinski definition) is 4. The Morgan fingerprint density at radius 3 is 0.914 bits per heavy atom. The first-order chi connectivity index (χ1) is 28.8.